The van der Waals surface area contributed by atoms with Gasteiger partial charge in [-0.15, -0.1) is 0 Å². The third-order valence-corrected chi connectivity index (χ3v) is 2.23. The molecule has 0 saturated heterocycles. The quantitative estimate of drug-likeness (QED) is 0.568. The van der Waals surface area contributed by atoms with Gasteiger partial charge in [-0.2, -0.15) is 0 Å². The molecule has 0 aliphatic carbocycles. The Hall–Kier alpha value is -2.16. The Morgan fingerprint density at radius 3 is 2.94 bits per heavy atom. The molecule has 0 bridgehead atoms. The van der Waals surface area contributed by atoms with Crippen molar-refractivity contribution < 1.29 is 9.53 Å². The lowest BCUT2D eigenvalue weighted by atomic mass is 10.1. The van der Waals surface area contributed by atoms with E-state index in [1.807, 2.05) is 18.2 Å². The zero-order valence-corrected chi connectivity index (χ0v) is 8.93. The Morgan fingerprint density at radius 1 is 1.44 bits per heavy atom. The third-order valence-electron chi connectivity index (χ3n) is 2.23. The number of pyridine rings is 1. The molecule has 80 valence electrons. The highest BCUT2D eigenvalue weighted by atomic mass is 16.5. The first kappa shape index (κ1) is 10.4. The molecule has 0 fully saturated rings. The maximum absolute atomic E-state index is 10.9. The minimum Gasteiger partial charge on any atom is -0.426 e. The number of hydrogen-bond acceptors (Lipinski definition) is 3. The molecule has 3 nitrogen and oxygen atoms in total. The molecule has 1 aromatic carbocycles. The van der Waals surface area contributed by atoms with Crippen molar-refractivity contribution in [3.63, 3.8) is 0 Å². The van der Waals surface area contributed by atoms with Gasteiger partial charge in [-0.3, -0.25) is 9.78 Å². The molecule has 0 atom stereocenters. The molecule has 0 aliphatic heterocycles. The van der Waals surface area contributed by atoms with Crippen LogP contribution in [0.1, 0.15) is 12.5 Å². The monoisotopic (exact) mass is 213 g/mol. The molecule has 0 saturated carbocycles. The third kappa shape index (κ3) is 1.80. The first-order valence-corrected chi connectivity index (χ1v) is 4.91. The first-order valence-electron chi connectivity index (χ1n) is 4.91. The van der Waals surface area contributed by atoms with Gasteiger partial charge in [-0.25, -0.2) is 0 Å². The fraction of sp³-hybridized carbons (Fsp3) is 0.0769. The maximum atomic E-state index is 10.9. The van der Waals surface area contributed by atoms with E-state index in [1.165, 1.54) is 6.92 Å². The molecule has 3 heteroatoms. The van der Waals surface area contributed by atoms with Crippen LogP contribution in [0.4, 0.5) is 0 Å². The highest BCUT2D eigenvalue weighted by Gasteiger charge is 2.08. The maximum Gasteiger partial charge on any atom is 0.308 e. The zero-order valence-electron chi connectivity index (χ0n) is 8.93. The van der Waals surface area contributed by atoms with Crippen LogP contribution >= 0.6 is 0 Å². The van der Waals surface area contributed by atoms with Gasteiger partial charge in [0.25, 0.3) is 0 Å². The summed E-state index contributed by atoms with van der Waals surface area (Å²) in [6.07, 6.45) is 3.35. The number of carbonyl (C=O) groups is 1. The summed E-state index contributed by atoms with van der Waals surface area (Å²) >= 11 is 0. The van der Waals surface area contributed by atoms with E-state index in [9.17, 15) is 4.79 Å². The Kier molecular flexibility index (Phi) is 2.68. The summed E-state index contributed by atoms with van der Waals surface area (Å²) in [5.41, 5.74) is 1.53. The van der Waals surface area contributed by atoms with Gasteiger partial charge in [0.05, 0.1) is 5.52 Å². The lowest BCUT2D eigenvalue weighted by Gasteiger charge is -2.07. The van der Waals surface area contributed by atoms with Gasteiger partial charge in [-0.05, 0) is 18.2 Å². The second kappa shape index (κ2) is 4.14. The zero-order chi connectivity index (χ0) is 11.5. The van der Waals surface area contributed by atoms with Crippen molar-refractivity contribution in [2.75, 3.05) is 0 Å². The number of fused-ring (bicyclic) bond motifs is 1. The Morgan fingerprint density at radius 2 is 2.25 bits per heavy atom. The fourth-order valence-electron chi connectivity index (χ4n) is 1.59. The summed E-state index contributed by atoms with van der Waals surface area (Å²) in [7, 11) is 0. The smallest absolute Gasteiger partial charge is 0.308 e. The van der Waals surface area contributed by atoms with E-state index < -0.39 is 0 Å². The van der Waals surface area contributed by atoms with E-state index in [4.69, 9.17) is 4.74 Å². The second-order valence-corrected chi connectivity index (χ2v) is 3.35. The molecular formula is C13H11NO2. The number of hydrogen-bond donors (Lipinski definition) is 0. The second-order valence-electron chi connectivity index (χ2n) is 3.35. The number of nitrogens with zero attached hydrogens (tertiary/aromatic N) is 1. The van der Waals surface area contributed by atoms with Crippen LogP contribution in [-0.4, -0.2) is 11.0 Å². The average molecular weight is 213 g/mol. The molecule has 16 heavy (non-hydrogen) atoms. The molecule has 2 rings (SSSR count). The van der Waals surface area contributed by atoms with Crippen molar-refractivity contribution >= 4 is 22.9 Å². The summed E-state index contributed by atoms with van der Waals surface area (Å²) in [5.74, 6) is 0.145. The van der Waals surface area contributed by atoms with Crippen LogP contribution in [0.3, 0.4) is 0 Å². The molecule has 0 radical (unpaired) electrons. The van der Waals surface area contributed by atoms with Crippen LogP contribution in [0.25, 0.3) is 17.0 Å². The molecular weight excluding hydrogens is 202 g/mol. The molecule has 1 aromatic heterocycles. The van der Waals surface area contributed by atoms with Crippen molar-refractivity contribution in [2.45, 2.75) is 6.92 Å². The number of esters is 1. The number of ether oxygens (including phenoxy) is 1. The average Bonchev–Trinajstić information content (AvgIpc) is 2.28. The number of benzene rings is 1. The summed E-state index contributed by atoms with van der Waals surface area (Å²) in [6, 6.07) is 7.43. The van der Waals surface area contributed by atoms with Gasteiger partial charge >= 0.3 is 5.97 Å². The molecule has 2 aromatic rings. The van der Waals surface area contributed by atoms with Crippen molar-refractivity contribution in [2.24, 2.45) is 0 Å². The van der Waals surface area contributed by atoms with Crippen molar-refractivity contribution in [1.82, 2.24) is 4.98 Å². The summed E-state index contributed by atoms with van der Waals surface area (Å²) in [6.45, 7) is 5.09. The molecule has 1 heterocycles. The van der Waals surface area contributed by atoms with Crippen LogP contribution in [0.15, 0.2) is 37.0 Å². The lowest BCUT2D eigenvalue weighted by molar-refractivity contribution is -0.131. The van der Waals surface area contributed by atoms with E-state index in [-0.39, 0.29) is 5.97 Å². The standard InChI is InChI=1S/C13H11NO2/c1-3-11-12(16-9(2)15)7-6-10-5-4-8-14-13(10)11/h3-8H,1H2,2H3. The van der Waals surface area contributed by atoms with Crippen LogP contribution in [0, 0.1) is 0 Å². The Labute approximate surface area is 93.4 Å². The number of rotatable bonds is 2. The van der Waals surface area contributed by atoms with Crippen LogP contribution in [-0.2, 0) is 4.79 Å². The minimum atomic E-state index is -0.349. The normalized spacial score (nSPS) is 10.1. The van der Waals surface area contributed by atoms with E-state index in [2.05, 4.69) is 11.6 Å². The Bertz CT molecular complexity index is 561. The van der Waals surface area contributed by atoms with Gasteiger partial charge in [0, 0.05) is 24.1 Å². The van der Waals surface area contributed by atoms with Crippen LogP contribution < -0.4 is 4.74 Å². The predicted octanol–water partition coefficient (Wildman–Crippen LogP) is 2.80. The predicted molar refractivity (Wildman–Crippen MR) is 63.1 cm³/mol. The van der Waals surface area contributed by atoms with Crippen molar-refractivity contribution in [3.05, 3.63) is 42.6 Å². The number of aromatic nitrogens is 1. The molecule has 0 spiro atoms. The van der Waals surface area contributed by atoms with E-state index in [0.29, 0.717) is 5.75 Å². The van der Waals surface area contributed by atoms with Gasteiger partial charge in [-0.1, -0.05) is 18.7 Å². The largest absolute Gasteiger partial charge is 0.426 e. The van der Waals surface area contributed by atoms with Crippen molar-refractivity contribution in [3.8, 4) is 5.75 Å². The minimum absolute atomic E-state index is 0.349. The summed E-state index contributed by atoms with van der Waals surface area (Å²) in [4.78, 5) is 15.2. The highest BCUT2D eigenvalue weighted by molar-refractivity contribution is 5.90. The van der Waals surface area contributed by atoms with Gasteiger partial charge in [0.1, 0.15) is 5.75 Å². The topological polar surface area (TPSA) is 39.2 Å². The fourth-order valence-corrected chi connectivity index (χ4v) is 1.59. The van der Waals surface area contributed by atoms with Crippen LogP contribution in [0.5, 0.6) is 5.75 Å². The van der Waals surface area contributed by atoms with Gasteiger partial charge < -0.3 is 4.74 Å². The van der Waals surface area contributed by atoms with Crippen molar-refractivity contribution in [1.29, 1.82) is 0 Å². The SMILES string of the molecule is C=Cc1c(OC(C)=O)ccc2cccnc12. The lowest BCUT2D eigenvalue weighted by Crippen LogP contribution is -2.03. The Balaban J connectivity index is 2.67. The number of carbonyl (C=O) groups excluding carboxylic acids is 1. The first-order chi connectivity index (χ1) is 7.72. The van der Waals surface area contributed by atoms with E-state index >= 15 is 0 Å². The summed E-state index contributed by atoms with van der Waals surface area (Å²) < 4.78 is 5.09. The van der Waals surface area contributed by atoms with Gasteiger partial charge in [0.15, 0.2) is 0 Å². The summed E-state index contributed by atoms with van der Waals surface area (Å²) in [5, 5.41) is 0.994. The molecule has 0 amide bonds. The van der Waals surface area contributed by atoms with Crippen LogP contribution in [0.2, 0.25) is 0 Å². The van der Waals surface area contributed by atoms with Gasteiger partial charge in [0.2, 0.25) is 0 Å². The van der Waals surface area contributed by atoms with E-state index in [1.54, 1.807) is 18.3 Å². The molecule has 0 N–H and O–H groups in total. The van der Waals surface area contributed by atoms with E-state index in [0.717, 1.165) is 16.5 Å². The highest BCUT2D eigenvalue weighted by Crippen LogP contribution is 2.27. The molecule has 0 aliphatic rings. The molecule has 0 unspecified atom stereocenters.